The minimum absolute atomic E-state index is 0.00702. The summed E-state index contributed by atoms with van der Waals surface area (Å²) in [7, 11) is 1.38. The number of esters is 1. The maximum Gasteiger partial charge on any atom is 0.350 e. The van der Waals surface area contributed by atoms with Crippen molar-refractivity contribution in [2.75, 3.05) is 12.0 Å². The zero-order valence-corrected chi connectivity index (χ0v) is 21.6. The highest BCUT2D eigenvalue weighted by Gasteiger charge is 2.32. The third-order valence-corrected chi connectivity index (χ3v) is 7.95. The van der Waals surface area contributed by atoms with Gasteiger partial charge in [0.25, 0.3) is 0 Å². The van der Waals surface area contributed by atoms with Crippen LogP contribution in [0, 0.1) is 5.92 Å². The van der Waals surface area contributed by atoms with Crippen molar-refractivity contribution >= 4 is 40.0 Å². The smallest absolute Gasteiger partial charge is 0.350 e. The Morgan fingerprint density at radius 1 is 1.06 bits per heavy atom. The molecule has 6 nitrogen and oxygen atoms in total. The molecule has 0 bridgehead atoms. The highest BCUT2D eigenvalue weighted by atomic mass is 32.1. The number of hydrogen-bond acceptors (Lipinski definition) is 6. The first-order valence-electron chi connectivity index (χ1n) is 12.5. The molecule has 3 heterocycles. The Labute approximate surface area is 214 Å². The Hall–Kier alpha value is -3.45. The molecule has 0 saturated heterocycles. The number of pyridine rings is 1. The summed E-state index contributed by atoms with van der Waals surface area (Å²) in [5.41, 5.74) is 4.11. The van der Waals surface area contributed by atoms with Gasteiger partial charge < -0.3 is 14.1 Å². The molecule has 1 aromatic carbocycles. The molecule has 186 valence electrons. The van der Waals surface area contributed by atoms with Gasteiger partial charge >= 0.3 is 5.97 Å². The average molecular weight is 503 g/mol. The Morgan fingerprint density at radius 2 is 1.78 bits per heavy atom. The Bertz CT molecular complexity index is 1350. The summed E-state index contributed by atoms with van der Waals surface area (Å²) in [6.07, 6.45) is 6.90. The van der Waals surface area contributed by atoms with E-state index in [9.17, 15) is 9.59 Å². The molecular weight excluding hydrogens is 472 g/mol. The van der Waals surface area contributed by atoms with Crippen LogP contribution in [0.1, 0.15) is 55.6 Å². The maximum absolute atomic E-state index is 13.6. The van der Waals surface area contributed by atoms with Crippen LogP contribution < -0.4 is 4.90 Å². The number of rotatable bonds is 6. The second-order valence-corrected chi connectivity index (χ2v) is 10.6. The van der Waals surface area contributed by atoms with Crippen LogP contribution in [0.15, 0.2) is 59.1 Å². The van der Waals surface area contributed by atoms with Gasteiger partial charge in [0.2, 0.25) is 5.91 Å². The van der Waals surface area contributed by atoms with Crippen LogP contribution in [0.2, 0.25) is 0 Å². The zero-order chi connectivity index (χ0) is 25.2. The van der Waals surface area contributed by atoms with Crippen molar-refractivity contribution in [2.24, 2.45) is 5.92 Å². The summed E-state index contributed by atoms with van der Waals surface area (Å²) in [6, 6.07) is 15.6. The van der Waals surface area contributed by atoms with Crippen LogP contribution in [0.3, 0.4) is 0 Å². The third kappa shape index (κ3) is 4.67. The Morgan fingerprint density at radius 3 is 2.44 bits per heavy atom. The molecule has 0 N–H and O–H groups in total. The lowest BCUT2D eigenvalue weighted by atomic mass is 9.88. The van der Waals surface area contributed by atoms with Crippen LogP contribution in [0.4, 0.5) is 5.69 Å². The number of carbonyl (C=O) groups excluding carboxylic acids is 2. The second-order valence-electron chi connectivity index (χ2n) is 9.53. The number of methoxy groups -OCH3 is 1. The fraction of sp³-hybridized carbons (Fsp3) is 0.345. The van der Waals surface area contributed by atoms with Crippen molar-refractivity contribution in [3.8, 4) is 21.8 Å². The molecule has 1 amide bonds. The summed E-state index contributed by atoms with van der Waals surface area (Å²) >= 11 is 1.36. The molecule has 0 atom stereocenters. The number of anilines is 1. The minimum atomic E-state index is -0.422. The normalized spacial score (nSPS) is 14.3. The molecule has 36 heavy (non-hydrogen) atoms. The number of ether oxygens (including phenoxy) is 1. The second kappa shape index (κ2) is 10.3. The van der Waals surface area contributed by atoms with Gasteiger partial charge in [0.1, 0.15) is 16.2 Å². The van der Waals surface area contributed by atoms with Crippen LogP contribution in [0.25, 0.3) is 32.9 Å². The summed E-state index contributed by atoms with van der Waals surface area (Å²) < 4.78 is 11.0. The first-order valence-corrected chi connectivity index (χ1v) is 13.3. The molecule has 0 radical (unpaired) electrons. The molecule has 0 unspecified atom stereocenters. The summed E-state index contributed by atoms with van der Waals surface area (Å²) in [6.45, 7) is 3.99. The van der Waals surface area contributed by atoms with Gasteiger partial charge in [-0.25, -0.2) is 4.79 Å². The van der Waals surface area contributed by atoms with E-state index in [2.05, 4.69) is 4.98 Å². The van der Waals surface area contributed by atoms with E-state index in [1.54, 1.807) is 11.1 Å². The maximum atomic E-state index is 13.6. The SMILES string of the molecule is COC(=O)c1sc(-c2ccc(-c3cc4ncccc4o3)cc2)cc1N(C(=O)C1CCCCC1)C(C)C. The molecular formula is C29H30N2O4S. The van der Waals surface area contributed by atoms with Crippen LogP contribution in [0.5, 0.6) is 0 Å². The lowest BCUT2D eigenvalue weighted by molar-refractivity contribution is -0.123. The van der Waals surface area contributed by atoms with Crippen molar-refractivity contribution in [1.29, 1.82) is 0 Å². The predicted molar refractivity (Wildman–Crippen MR) is 143 cm³/mol. The van der Waals surface area contributed by atoms with E-state index in [-0.39, 0.29) is 17.9 Å². The molecule has 1 fully saturated rings. The summed E-state index contributed by atoms with van der Waals surface area (Å²) in [5.74, 6) is 0.441. The molecule has 0 aliphatic heterocycles. The quantitative estimate of drug-likeness (QED) is 0.258. The van der Waals surface area contributed by atoms with Gasteiger partial charge in [-0.15, -0.1) is 11.3 Å². The van der Waals surface area contributed by atoms with Crippen molar-refractivity contribution in [1.82, 2.24) is 4.98 Å². The zero-order valence-electron chi connectivity index (χ0n) is 20.8. The number of nitrogens with zero attached hydrogens (tertiary/aromatic N) is 2. The lowest BCUT2D eigenvalue weighted by Crippen LogP contribution is -2.42. The highest BCUT2D eigenvalue weighted by Crippen LogP contribution is 2.40. The van der Waals surface area contributed by atoms with E-state index in [0.29, 0.717) is 10.6 Å². The van der Waals surface area contributed by atoms with Gasteiger partial charge in [-0.05, 0) is 50.5 Å². The van der Waals surface area contributed by atoms with Crippen molar-refractivity contribution in [3.63, 3.8) is 0 Å². The number of benzene rings is 1. The van der Waals surface area contributed by atoms with E-state index in [1.807, 2.05) is 62.4 Å². The van der Waals surface area contributed by atoms with E-state index in [4.69, 9.17) is 9.15 Å². The number of amides is 1. The van der Waals surface area contributed by atoms with Crippen molar-refractivity contribution in [3.05, 3.63) is 59.6 Å². The van der Waals surface area contributed by atoms with Gasteiger partial charge in [0.15, 0.2) is 5.58 Å². The number of carbonyl (C=O) groups is 2. The van der Waals surface area contributed by atoms with Crippen molar-refractivity contribution < 1.29 is 18.7 Å². The monoisotopic (exact) mass is 502 g/mol. The molecule has 1 aliphatic carbocycles. The van der Waals surface area contributed by atoms with Crippen LogP contribution >= 0.6 is 11.3 Å². The van der Waals surface area contributed by atoms with Gasteiger partial charge in [-0.2, -0.15) is 0 Å². The number of thiophene rings is 1. The summed E-state index contributed by atoms with van der Waals surface area (Å²) in [4.78, 5) is 33.9. The van der Waals surface area contributed by atoms with Gasteiger partial charge in [-0.1, -0.05) is 43.5 Å². The number of hydrogen-bond donors (Lipinski definition) is 0. The topological polar surface area (TPSA) is 72.6 Å². The molecule has 7 heteroatoms. The standard InChI is InChI=1S/C29H30N2O4S/c1-18(2)31(28(32)21-8-5-4-6-9-21)23-17-26(36-27(23)29(33)34-3)20-13-11-19(12-14-20)25-16-22-24(35-25)10-7-15-30-22/h7,10-18,21H,4-6,8-9H2,1-3H3. The third-order valence-electron chi connectivity index (χ3n) is 6.79. The molecule has 1 saturated carbocycles. The van der Waals surface area contributed by atoms with Gasteiger partial charge in [0, 0.05) is 34.7 Å². The Kier molecular flexibility index (Phi) is 6.92. The fourth-order valence-corrected chi connectivity index (χ4v) is 6.02. The Balaban J connectivity index is 1.49. The van der Waals surface area contributed by atoms with E-state index in [0.717, 1.165) is 58.5 Å². The average Bonchev–Trinajstić information content (AvgIpc) is 3.54. The molecule has 5 rings (SSSR count). The van der Waals surface area contributed by atoms with Gasteiger partial charge in [0.05, 0.1) is 12.8 Å². The number of aromatic nitrogens is 1. The molecule has 4 aromatic rings. The van der Waals surface area contributed by atoms with Crippen molar-refractivity contribution in [2.45, 2.75) is 52.0 Å². The number of fused-ring (bicyclic) bond motifs is 1. The van der Waals surface area contributed by atoms with Crippen LogP contribution in [-0.4, -0.2) is 30.0 Å². The highest BCUT2D eigenvalue weighted by molar-refractivity contribution is 7.18. The predicted octanol–water partition coefficient (Wildman–Crippen LogP) is 7.33. The van der Waals surface area contributed by atoms with Crippen LogP contribution in [-0.2, 0) is 9.53 Å². The molecule has 3 aromatic heterocycles. The number of furan rings is 1. The minimum Gasteiger partial charge on any atom is -0.465 e. The largest absolute Gasteiger partial charge is 0.465 e. The van der Waals surface area contributed by atoms with E-state index < -0.39 is 5.97 Å². The lowest BCUT2D eigenvalue weighted by Gasteiger charge is -2.32. The molecule has 0 spiro atoms. The van der Waals surface area contributed by atoms with E-state index >= 15 is 0 Å². The molecule has 1 aliphatic rings. The summed E-state index contributed by atoms with van der Waals surface area (Å²) in [5, 5.41) is 0. The fourth-order valence-electron chi connectivity index (χ4n) is 4.95. The first kappa shape index (κ1) is 24.3. The van der Waals surface area contributed by atoms with E-state index in [1.165, 1.54) is 24.9 Å². The van der Waals surface area contributed by atoms with Gasteiger partial charge in [-0.3, -0.25) is 9.78 Å². The first-order chi connectivity index (χ1) is 17.5.